The van der Waals surface area contributed by atoms with Crippen molar-refractivity contribution in [3.05, 3.63) is 83.8 Å². The third kappa shape index (κ3) is 4.13. The molecule has 0 atom stereocenters. The van der Waals surface area contributed by atoms with Gasteiger partial charge in [-0.1, -0.05) is 12.1 Å². The summed E-state index contributed by atoms with van der Waals surface area (Å²) < 4.78 is 1.79. The molecule has 3 aromatic heterocycles. The maximum atomic E-state index is 12.3. The number of hydrogen-bond acceptors (Lipinski definition) is 5. The molecular formula is C27H23N7O. The molecule has 35 heavy (non-hydrogen) atoms. The van der Waals surface area contributed by atoms with Gasteiger partial charge >= 0.3 is 0 Å². The van der Waals surface area contributed by atoms with Crippen molar-refractivity contribution in [2.75, 3.05) is 4.90 Å². The molecule has 8 heteroatoms. The number of carbonyl (C=O) groups excluding carboxylic acids is 1. The Morgan fingerprint density at radius 1 is 1.06 bits per heavy atom. The number of rotatable bonds is 6. The van der Waals surface area contributed by atoms with Gasteiger partial charge in [-0.25, -0.2) is 9.50 Å². The minimum atomic E-state index is -0.0359. The lowest BCUT2D eigenvalue weighted by Gasteiger charge is -2.24. The van der Waals surface area contributed by atoms with E-state index in [1.807, 2.05) is 53.7 Å². The van der Waals surface area contributed by atoms with E-state index in [-0.39, 0.29) is 11.9 Å². The molecule has 0 radical (unpaired) electrons. The molecule has 0 spiro atoms. The molecule has 0 bridgehead atoms. The number of nitriles is 1. The van der Waals surface area contributed by atoms with Crippen LogP contribution in [0.3, 0.4) is 0 Å². The van der Waals surface area contributed by atoms with Crippen LogP contribution in [0.1, 0.15) is 47.2 Å². The van der Waals surface area contributed by atoms with E-state index in [4.69, 9.17) is 10.7 Å². The Hall–Kier alpha value is -4.51. The molecule has 3 heterocycles. The number of amidine groups is 1. The molecule has 4 aromatic rings. The monoisotopic (exact) mass is 461 g/mol. The molecule has 0 saturated heterocycles. The second-order valence-electron chi connectivity index (χ2n) is 9.10. The number of benzene rings is 1. The van der Waals surface area contributed by atoms with Crippen molar-refractivity contribution >= 4 is 23.1 Å². The topological polar surface area (TPSA) is 110 Å². The molecule has 2 fully saturated rings. The number of hydrogen-bond donors (Lipinski definition) is 2. The highest BCUT2D eigenvalue weighted by atomic mass is 16.1. The van der Waals surface area contributed by atoms with Crippen LogP contribution < -0.4 is 10.2 Å². The summed E-state index contributed by atoms with van der Waals surface area (Å²) in [4.78, 5) is 18.7. The molecule has 0 aliphatic heterocycles. The van der Waals surface area contributed by atoms with Crippen molar-refractivity contribution in [3.63, 3.8) is 0 Å². The predicted octanol–water partition coefficient (Wildman–Crippen LogP) is 4.15. The van der Waals surface area contributed by atoms with Gasteiger partial charge in [0.25, 0.3) is 5.91 Å². The minimum absolute atomic E-state index is 0.0359. The molecule has 6 rings (SSSR count). The second kappa shape index (κ2) is 8.37. The van der Waals surface area contributed by atoms with E-state index in [1.165, 1.54) is 0 Å². The van der Waals surface area contributed by atoms with E-state index in [9.17, 15) is 4.79 Å². The summed E-state index contributed by atoms with van der Waals surface area (Å²) in [6.07, 6.45) is 9.34. The van der Waals surface area contributed by atoms with Crippen LogP contribution in [-0.4, -0.2) is 38.4 Å². The summed E-state index contributed by atoms with van der Waals surface area (Å²) in [5.41, 5.74) is 4.68. The number of nitrogens with zero attached hydrogens (tertiary/aromatic N) is 5. The average molecular weight is 462 g/mol. The summed E-state index contributed by atoms with van der Waals surface area (Å²) in [5, 5.41) is 25.6. The lowest BCUT2D eigenvalue weighted by molar-refractivity contribution is 0.0951. The molecule has 2 saturated carbocycles. The number of pyridine rings is 2. The van der Waals surface area contributed by atoms with Gasteiger partial charge in [0.1, 0.15) is 17.7 Å². The highest BCUT2D eigenvalue weighted by molar-refractivity contribution is 6.09. The molecule has 2 N–H and O–H groups in total. The van der Waals surface area contributed by atoms with Crippen LogP contribution in [-0.2, 0) is 0 Å². The lowest BCUT2D eigenvalue weighted by atomic mass is 10.0. The van der Waals surface area contributed by atoms with Crippen molar-refractivity contribution < 1.29 is 4.79 Å². The van der Waals surface area contributed by atoms with Gasteiger partial charge in [0, 0.05) is 41.2 Å². The van der Waals surface area contributed by atoms with Crippen molar-refractivity contribution in [2.24, 2.45) is 0 Å². The third-order valence-corrected chi connectivity index (χ3v) is 6.44. The molecule has 2 aliphatic carbocycles. The highest BCUT2D eigenvalue weighted by Gasteiger charge is 2.33. The first kappa shape index (κ1) is 21.1. The number of fused-ring (bicyclic) bond motifs is 1. The Balaban J connectivity index is 1.30. The Morgan fingerprint density at radius 2 is 1.86 bits per heavy atom. The maximum Gasteiger partial charge on any atom is 0.251 e. The number of carbonyl (C=O) groups is 1. The fourth-order valence-electron chi connectivity index (χ4n) is 4.20. The molecule has 2 aliphatic rings. The first-order valence-electron chi connectivity index (χ1n) is 11.7. The van der Waals surface area contributed by atoms with E-state index >= 15 is 0 Å². The first-order valence-corrected chi connectivity index (χ1v) is 11.7. The summed E-state index contributed by atoms with van der Waals surface area (Å²) in [6.45, 7) is 0. The van der Waals surface area contributed by atoms with E-state index in [0.717, 1.165) is 47.9 Å². The van der Waals surface area contributed by atoms with Gasteiger partial charge in [0.15, 0.2) is 0 Å². The summed E-state index contributed by atoms with van der Waals surface area (Å²) in [7, 11) is 0. The zero-order chi connectivity index (χ0) is 23.9. The summed E-state index contributed by atoms with van der Waals surface area (Å²) >= 11 is 0. The standard InChI is InChI=1S/C27H23N7O/c28-14-17-1-10-25(30-15-17)34(22-8-9-22)26(29)20-11-12-33-24(13-20)23(16-31-33)18-2-4-19(5-3-18)27(35)32-21-6-7-21/h1-5,10-13,15-16,21-22,29H,6-9H2,(H,32,35). The Kier molecular flexibility index (Phi) is 5.03. The Labute approximate surface area is 202 Å². The van der Waals surface area contributed by atoms with E-state index in [0.29, 0.717) is 28.8 Å². The normalized spacial score (nSPS) is 14.9. The SMILES string of the molecule is N#Cc1ccc(N(C(=N)c2ccn3ncc(-c4ccc(C(=O)NC5CC5)cc4)c3c2)C2CC2)nc1. The summed E-state index contributed by atoms with van der Waals surface area (Å²) in [5.74, 6) is 1.00. The zero-order valence-electron chi connectivity index (χ0n) is 19.0. The molecule has 1 aromatic carbocycles. The van der Waals surface area contributed by atoms with Gasteiger partial charge in [0.2, 0.25) is 0 Å². The smallest absolute Gasteiger partial charge is 0.251 e. The predicted molar refractivity (Wildman–Crippen MR) is 132 cm³/mol. The van der Waals surface area contributed by atoms with E-state index in [2.05, 4.69) is 21.5 Å². The Morgan fingerprint density at radius 3 is 2.51 bits per heavy atom. The average Bonchev–Trinajstić information content (AvgIpc) is 3.83. The van der Waals surface area contributed by atoms with Gasteiger partial charge in [-0.2, -0.15) is 10.4 Å². The van der Waals surface area contributed by atoms with Crippen LogP contribution in [0.5, 0.6) is 0 Å². The molecule has 172 valence electrons. The van der Waals surface area contributed by atoms with Gasteiger partial charge in [-0.3, -0.25) is 10.2 Å². The van der Waals surface area contributed by atoms with Crippen molar-refractivity contribution in [3.8, 4) is 17.2 Å². The molecule has 1 amide bonds. The van der Waals surface area contributed by atoms with Crippen LogP contribution in [0.25, 0.3) is 16.6 Å². The van der Waals surface area contributed by atoms with Crippen molar-refractivity contribution in [1.82, 2.24) is 19.9 Å². The zero-order valence-corrected chi connectivity index (χ0v) is 19.0. The maximum absolute atomic E-state index is 12.3. The second-order valence-corrected chi connectivity index (χ2v) is 9.10. The number of anilines is 1. The van der Waals surface area contributed by atoms with Crippen LogP contribution in [0.2, 0.25) is 0 Å². The van der Waals surface area contributed by atoms with Crippen LogP contribution >= 0.6 is 0 Å². The van der Waals surface area contributed by atoms with Crippen LogP contribution in [0, 0.1) is 16.7 Å². The minimum Gasteiger partial charge on any atom is -0.349 e. The molecular weight excluding hydrogens is 438 g/mol. The largest absolute Gasteiger partial charge is 0.349 e. The van der Waals surface area contributed by atoms with Gasteiger partial charge < -0.3 is 10.2 Å². The lowest BCUT2D eigenvalue weighted by Crippen LogP contribution is -2.33. The number of nitrogens with one attached hydrogen (secondary N) is 2. The van der Waals surface area contributed by atoms with Crippen molar-refractivity contribution in [2.45, 2.75) is 37.8 Å². The van der Waals surface area contributed by atoms with E-state index in [1.54, 1.807) is 22.8 Å². The molecule has 8 nitrogen and oxygen atoms in total. The number of aromatic nitrogens is 3. The fraction of sp³-hybridized carbons (Fsp3) is 0.222. The quantitative estimate of drug-likeness (QED) is 0.331. The van der Waals surface area contributed by atoms with Gasteiger partial charge in [-0.15, -0.1) is 0 Å². The van der Waals surface area contributed by atoms with Crippen molar-refractivity contribution in [1.29, 1.82) is 10.7 Å². The Bertz CT molecular complexity index is 1470. The van der Waals surface area contributed by atoms with E-state index < -0.39 is 0 Å². The number of amides is 1. The van der Waals surface area contributed by atoms with Gasteiger partial charge in [-0.05, 0) is 67.6 Å². The fourth-order valence-corrected chi connectivity index (χ4v) is 4.20. The highest BCUT2D eigenvalue weighted by Crippen LogP contribution is 2.33. The van der Waals surface area contributed by atoms with Crippen LogP contribution in [0.4, 0.5) is 5.82 Å². The van der Waals surface area contributed by atoms with Gasteiger partial charge in [0.05, 0.1) is 17.3 Å². The summed E-state index contributed by atoms with van der Waals surface area (Å²) in [6, 6.07) is 17.6. The first-order chi connectivity index (χ1) is 17.1. The van der Waals surface area contributed by atoms with Crippen LogP contribution in [0.15, 0.2) is 67.1 Å². The molecule has 0 unspecified atom stereocenters. The third-order valence-electron chi connectivity index (χ3n) is 6.44.